The van der Waals surface area contributed by atoms with Gasteiger partial charge >= 0.3 is 0 Å². The molecule has 0 aromatic heterocycles. The van der Waals surface area contributed by atoms with Gasteiger partial charge in [-0.2, -0.15) is 0 Å². The van der Waals surface area contributed by atoms with Gasteiger partial charge in [0.2, 0.25) is 0 Å². The molecule has 3 aromatic carbocycles. The van der Waals surface area contributed by atoms with Crippen molar-refractivity contribution in [3.05, 3.63) is 100 Å². The van der Waals surface area contributed by atoms with Crippen LogP contribution in [0.25, 0.3) is 5.57 Å². The first-order valence-electron chi connectivity index (χ1n) is 9.98. The summed E-state index contributed by atoms with van der Waals surface area (Å²) in [5.41, 5.74) is 7.67. The van der Waals surface area contributed by atoms with Crippen LogP contribution in [0.1, 0.15) is 28.4 Å². The molecule has 0 saturated carbocycles. The van der Waals surface area contributed by atoms with Crippen LogP contribution in [0.2, 0.25) is 0 Å². The molecule has 0 atom stereocenters. The lowest BCUT2D eigenvalue weighted by Gasteiger charge is -2.32. The van der Waals surface area contributed by atoms with E-state index >= 15 is 0 Å². The van der Waals surface area contributed by atoms with Gasteiger partial charge in [0.25, 0.3) is 21.8 Å². The number of hydrogen-bond donors (Lipinski definition) is 2. The number of nitrogens with one attached hydrogen (secondary N) is 1. The average molecular weight is 448 g/mol. The van der Waals surface area contributed by atoms with Crippen molar-refractivity contribution < 1.29 is 18.0 Å². The number of para-hydroxylation sites is 2. The molecule has 3 N–H and O–H groups in total. The number of hydrogen-bond acceptors (Lipinski definition) is 4. The third-order valence-electron chi connectivity index (χ3n) is 5.21. The number of benzene rings is 3. The molecular formula is C24H21N3O4S. The Bertz CT molecular complexity index is 1350. The van der Waals surface area contributed by atoms with Crippen molar-refractivity contribution in [1.82, 2.24) is 0 Å². The summed E-state index contributed by atoms with van der Waals surface area (Å²) in [7, 11) is -4.19. The molecule has 3 aromatic rings. The number of carbonyl (C=O) groups excluding carboxylic acids is 2. The minimum absolute atomic E-state index is 0.0867. The molecule has 0 saturated heterocycles. The zero-order valence-corrected chi connectivity index (χ0v) is 18.1. The number of rotatable bonds is 5. The minimum Gasteiger partial charge on any atom is -0.366 e. The molecule has 0 spiro atoms. The van der Waals surface area contributed by atoms with Crippen molar-refractivity contribution in [2.75, 3.05) is 16.2 Å². The number of primary amides is 1. The highest BCUT2D eigenvalue weighted by Crippen LogP contribution is 2.42. The second-order valence-corrected chi connectivity index (χ2v) is 8.92. The fourth-order valence-corrected chi connectivity index (χ4v) is 5.59. The predicted octanol–water partition coefficient (Wildman–Crippen LogP) is 3.35. The normalized spacial score (nSPS) is 14.6. The smallest absolute Gasteiger partial charge is 0.270 e. The zero-order chi connectivity index (χ0) is 22.9. The maximum atomic E-state index is 13.7. The van der Waals surface area contributed by atoms with E-state index in [1.165, 1.54) is 16.4 Å². The quantitative estimate of drug-likeness (QED) is 0.625. The fourth-order valence-electron chi connectivity index (χ4n) is 3.84. The molecule has 0 bridgehead atoms. The molecule has 2 amide bonds. The second-order valence-electron chi connectivity index (χ2n) is 7.12. The second kappa shape index (κ2) is 8.32. The maximum Gasteiger partial charge on any atom is 0.270 e. The molecule has 1 heterocycles. The molecule has 0 aliphatic carbocycles. The molecule has 0 fully saturated rings. The van der Waals surface area contributed by atoms with E-state index in [1.54, 1.807) is 67.6 Å². The van der Waals surface area contributed by atoms with Gasteiger partial charge in [-0.3, -0.25) is 13.9 Å². The lowest BCUT2D eigenvalue weighted by molar-refractivity contribution is -0.112. The third-order valence-corrected chi connectivity index (χ3v) is 7.15. The summed E-state index contributed by atoms with van der Waals surface area (Å²) in [4.78, 5) is 24.9. The first-order valence-corrected chi connectivity index (χ1v) is 11.4. The summed E-state index contributed by atoms with van der Waals surface area (Å²) in [5, 5.41) is 2.59. The Morgan fingerprint density at radius 2 is 1.53 bits per heavy atom. The standard InChI is InChI=1S/C24H21N3O4S/c1-2-27-20-15-9-7-13-18(20)21(16-10-4-3-5-11-16)22(32(27,30)31)24(29)26-19-14-8-6-12-17(19)23(25)28/h3-15H,2H2,1H3,(H2,25,28)(H,26,29). The monoisotopic (exact) mass is 447 g/mol. The Labute approximate surface area is 186 Å². The molecule has 4 rings (SSSR count). The Morgan fingerprint density at radius 1 is 0.906 bits per heavy atom. The summed E-state index contributed by atoms with van der Waals surface area (Å²) in [6, 6.07) is 22.2. The highest BCUT2D eigenvalue weighted by Gasteiger charge is 2.40. The molecular weight excluding hydrogens is 426 g/mol. The topological polar surface area (TPSA) is 110 Å². The third kappa shape index (κ3) is 3.54. The van der Waals surface area contributed by atoms with Crippen LogP contribution < -0.4 is 15.4 Å². The molecule has 1 aliphatic rings. The van der Waals surface area contributed by atoms with Crippen molar-refractivity contribution in [2.24, 2.45) is 5.73 Å². The van der Waals surface area contributed by atoms with E-state index in [4.69, 9.17) is 5.73 Å². The van der Waals surface area contributed by atoms with Crippen molar-refractivity contribution >= 4 is 38.8 Å². The molecule has 7 nitrogen and oxygen atoms in total. The van der Waals surface area contributed by atoms with Crippen LogP contribution in [0.15, 0.2) is 83.8 Å². The Hall–Kier alpha value is -3.91. The number of nitrogens with two attached hydrogens (primary N) is 1. The molecule has 8 heteroatoms. The Morgan fingerprint density at radius 3 is 2.22 bits per heavy atom. The summed E-state index contributed by atoms with van der Waals surface area (Å²) in [6.07, 6.45) is 0. The van der Waals surface area contributed by atoms with Crippen molar-refractivity contribution in [2.45, 2.75) is 6.92 Å². The highest BCUT2D eigenvalue weighted by atomic mass is 32.2. The zero-order valence-electron chi connectivity index (χ0n) is 17.3. The number of sulfonamides is 1. The van der Waals surface area contributed by atoms with E-state index < -0.39 is 21.8 Å². The van der Waals surface area contributed by atoms with E-state index in [-0.39, 0.29) is 22.7 Å². The summed E-state index contributed by atoms with van der Waals surface area (Å²) in [6.45, 7) is 1.86. The van der Waals surface area contributed by atoms with Gasteiger partial charge in [0.1, 0.15) is 0 Å². The lowest BCUT2D eigenvalue weighted by atomic mass is 9.95. The van der Waals surface area contributed by atoms with Crippen LogP contribution in [-0.4, -0.2) is 26.8 Å². The predicted molar refractivity (Wildman–Crippen MR) is 124 cm³/mol. The van der Waals surface area contributed by atoms with Crippen LogP contribution in [-0.2, 0) is 14.8 Å². The Kier molecular flexibility index (Phi) is 5.54. The van der Waals surface area contributed by atoms with Crippen LogP contribution in [0.5, 0.6) is 0 Å². The summed E-state index contributed by atoms with van der Waals surface area (Å²) < 4.78 is 28.5. The maximum absolute atomic E-state index is 13.7. The van der Waals surface area contributed by atoms with Gasteiger partial charge in [0.15, 0.2) is 4.91 Å². The van der Waals surface area contributed by atoms with Gasteiger partial charge in [-0.05, 0) is 30.7 Å². The highest BCUT2D eigenvalue weighted by molar-refractivity contribution is 7.97. The minimum atomic E-state index is -4.19. The van der Waals surface area contributed by atoms with Gasteiger partial charge < -0.3 is 11.1 Å². The van der Waals surface area contributed by atoms with Gasteiger partial charge in [-0.15, -0.1) is 0 Å². The van der Waals surface area contributed by atoms with E-state index in [0.29, 0.717) is 22.4 Å². The molecule has 162 valence electrons. The van der Waals surface area contributed by atoms with E-state index in [9.17, 15) is 18.0 Å². The van der Waals surface area contributed by atoms with Crippen molar-refractivity contribution in [3.63, 3.8) is 0 Å². The van der Waals surface area contributed by atoms with Gasteiger partial charge in [0.05, 0.1) is 16.9 Å². The average Bonchev–Trinajstić information content (AvgIpc) is 2.78. The SMILES string of the molecule is CCN1c2ccccc2C(c2ccccc2)=C(C(=O)Nc2ccccc2C(N)=O)S1(=O)=O. The molecule has 0 unspecified atom stereocenters. The van der Waals surface area contributed by atoms with Crippen LogP contribution in [0, 0.1) is 0 Å². The number of amides is 2. The molecule has 1 aliphatic heterocycles. The number of anilines is 2. The van der Waals surface area contributed by atoms with Gasteiger partial charge in [-0.25, -0.2) is 8.42 Å². The van der Waals surface area contributed by atoms with Crippen LogP contribution >= 0.6 is 0 Å². The Balaban J connectivity index is 1.98. The lowest BCUT2D eigenvalue weighted by Crippen LogP contribution is -2.39. The van der Waals surface area contributed by atoms with Gasteiger partial charge in [0, 0.05) is 17.7 Å². The number of fused-ring (bicyclic) bond motifs is 1. The number of nitrogens with zero attached hydrogens (tertiary/aromatic N) is 1. The fraction of sp³-hybridized carbons (Fsp3) is 0.0833. The summed E-state index contributed by atoms with van der Waals surface area (Å²) in [5.74, 6) is -1.57. The van der Waals surface area contributed by atoms with E-state index in [2.05, 4.69) is 5.32 Å². The van der Waals surface area contributed by atoms with Crippen LogP contribution in [0.3, 0.4) is 0 Å². The first-order chi connectivity index (χ1) is 15.4. The molecule has 32 heavy (non-hydrogen) atoms. The van der Waals surface area contributed by atoms with Crippen LogP contribution in [0.4, 0.5) is 11.4 Å². The first kappa shape index (κ1) is 21.3. The van der Waals surface area contributed by atoms with E-state index in [1.807, 2.05) is 6.07 Å². The number of carbonyl (C=O) groups is 2. The summed E-state index contributed by atoms with van der Waals surface area (Å²) >= 11 is 0. The van der Waals surface area contributed by atoms with Crippen molar-refractivity contribution in [1.29, 1.82) is 0 Å². The molecule has 0 radical (unpaired) electrons. The van der Waals surface area contributed by atoms with Crippen molar-refractivity contribution in [3.8, 4) is 0 Å². The van der Waals surface area contributed by atoms with E-state index in [0.717, 1.165) is 0 Å². The van der Waals surface area contributed by atoms with Gasteiger partial charge in [-0.1, -0.05) is 60.7 Å². The largest absolute Gasteiger partial charge is 0.366 e.